The number of nitrogens with zero attached hydrogens (tertiary/aromatic N) is 1. The minimum atomic E-state index is 0.218. The molecule has 0 saturated carbocycles. The van der Waals surface area contributed by atoms with Gasteiger partial charge in [-0.05, 0) is 11.5 Å². The van der Waals surface area contributed by atoms with Crippen molar-refractivity contribution in [3.63, 3.8) is 0 Å². The summed E-state index contributed by atoms with van der Waals surface area (Å²) >= 11 is 5.02. The number of benzene rings is 1. The predicted octanol–water partition coefficient (Wildman–Crippen LogP) is 1.69. The lowest BCUT2D eigenvalue weighted by molar-refractivity contribution is -0.128. The number of nitrogens with two attached hydrogens (primary N) is 1. The van der Waals surface area contributed by atoms with Gasteiger partial charge in [0.1, 0.15) is 4.99 Å². The summed E-state index contributed by atoms with van der Waals surface area (Å²) in [5, 5.41) is 0. The molecule has 1 saturated heterocycles. The van der Waals surface area contributed by atoms with E-state index >= 15 is 0 Å². The molecule has 4 heteroatoms. The Labute approximate surface area is 107 Å². The van der Waals surface area contributed by atoms with Crippen LogP contribution < -0.4 is 5.73 Å². The van der Waals surface area contributed by atoms with Gasteiger partial charge in [-0.1, -0.05) is 43.4 Å². The van der Waals surface area contributed by atoms with Crippen LogP contribution in [-0.2, 0) is 11.3 Å². The number of hydrogen-bond donors (Lipinski definition) is 1. The average Bonchev–Trinajstić information content (AvgIpc) is 2.58. The lowest BCUT2D eigenvalue weighted by atomic mass is 10.1. The third-order valence-corrected chi connectivity index (χ3v) is 3.27. The van der Waals surface area contributed by atoms with Gasteiger partial charge in [0.15, 0.2) is 0 Å². The predicted molar refractivity (Wildman–Crippen MR) is 71.5 cm³/mol. The molecule has 3 nitrogen and oxygen atoms in total. The fourth-order valence-electron chi connectivity index (χ4n) is 2.23. The first-order valence-electron chi connectivity index (χ1n) is 5.73. The molecule has 90 valence electrons. The maximum atomic E-state index is 11.7. The third-order valence-electron chi connectivity index (χ3n) is 3.05. The minimum Gasteiger partial charge on any atom is -0.389 e. The summed E-state index contributed by atoms with van der Waals surface area (Å²) < 4.78 is 0. The molecular weight excluding hydrogens is 232 g/mol. The zero-order valence-electron chi connectivity index (χ0n) is 9.85. The van der Waals surface area contributed by atoms with Crippen molar-refractivity contribution in [3.8, 4) is 0 Å². The zero-order valence-corrected chi connectivity index (χ0v) is 10.7. The molecule has 0 radical (unpaired) electrons. The van der Waals surface area contributed by atoms with Gasteiger partial charge in [0.05, 0.1) is 0 Å². The van der Waals surface area contributed by atoms with Gasteiger partial charge in [-0.25, -0.2) is 0 Å². The Balaban J connectivity index is 2.19. The first-order valence-corrected chi connectivity index (χ1v) is 6.14. The van der Waals surface area contributed by atoms with E-state index in [1.807, 2.05) is 29.2 Å². The first-order chi connectivity index (χ1) is 8.08. The summed E-state index contributed by atoms with van der Waals surface area (Å²) in [6, 6.07) is 7.74. The second kappa shape index (κ2) is 4.84. The standard InChI is InChI=1S/C13H16N2OS/c1-9-6-12(16)15(7-9)8-10-4-2-3-5-11(10)13(14)17/h2-5,9H,6-8H2,1H3,(H2,14,17). The zero-order chi connectivity index (χ0) is 12.4. The van der Waals surface area contributed by atoms with E-state index in [4.69, 9.17) is 18.0 Å². The van der Waals surface area contributed by atoms with E-state index in [9.17, 15) is 4.79 Å². The smallest absolute Gasteiger partial charge is 0.223 e. The van der Waals surface area contributed by atoms with E-state index in [0.29, 0.717) is 23.9 Å². The molecule has 17 heavy (non-hydrogen) atoms. The van der Waals surface area contributed by atoms with E-state index in [0.717, 1.165) is 17.7 Å². The second-order valence-electron chi connectivity index (χ2n) is 4.60. The van der Waals surface area contributed by atoms with Crippen LogP contribution in [-0.4, -0.2) is 22.3 Å². The van der Waals surface area contributed by atoms with Gasteiger partial charge in [-0.2, -0.15) is 0 Å². The molecule has 2 N–H and O–H groups in total. The lowest BCUT2D eigenvalue weighted by Crippen LogP contribution is -2.26. The monoisotopic (exact) mass is 248 g/mol. The van der Waals surface area contributed by atoms with Crippen LogP contribution in [0.15, 0.2) is 24.3 Å². The number of carbonyl (C=O) groups is 1. The maximum Gasteiger partial charge on any atom is 0.223 e. The van der Waals surface area contributed by atoms with Crippen LogP contribution >= 0.6 is 12.2 Å². The fraction of sp³-hybridized carbons (Fsp3) is 0.385. The van der Waals surface area contributed by atoms with Crippen molar-refractivity contribution >= 4 is 23.1 Å². The van der Waals surface area contributed by atoms with Crippen molar-refractivity contribution in [2.75, 3.05) is 6.54 Å². The molecule has 0 spiro atoms. The van der Waals surface area contributed by atoms with Crippen LogP contribution in [0.2, 0.25) is 0 Å². The number of carbonyl (C=O) groups excluding carboxylic acids is 1. The summed E-state index contributed by atoms with van der Waals surface area (Å²) in [6.07, 6.45) is 0.648. The molecule has 1 aliphatic rings. The quantitative estimate of drug-likeness (QED) is 0.828. The third kappa shape index (κ3) is 2.64. The highest BCUT2D eigenvalue weighted by atomic mass is 32.1. The molecule has 0 aromatic heterocycles. The molecule has 1 fully saturated rings. The van der Waals surface area contributed by atoms with Crippen LogP contribution in [0.3, 0.4) is 0 Å². The molecule has 1 aliphatic heterocycles. The maximum absolute atomic E-state index is 11.7. The summed E-state index contributed by atoms with van der Waals surface area (Å²) in [4.78, 5) is 14.0. The number of hydrogen-bond acceptors (Lipinski definition) is 2. The number of thiocarbonyl (C=S) groups is 1. The second-order valence-corrected chi connectivity index (χ2v) is 5.04. The normalized spacial score (nSPS) is 19.7. The molecule has 1 amide bonds. The van der Waals surface area contributed by atoms with Crippen LogP contribution in [0, 0.1) is 5.92 Å². The Morgan fingerprint density at radius 2 is 2.24 bits per heavy atom. The van der Waals surface area contributed by atoms with Gasteiger partial charge in [-0.15, -0.1) is 0 Å². The molecule has 1 heterocycles. The summed E-state index contributed by atoms with van der Waals surface area (Å²) in [7, 11) is 0. The van der Waals surface area contributed by atoms with Crippen LogP contribution in [0.25, 0.3) is 0 Å². The van der Waals surface area contributed by atoms with Crippen LogP contribution in [0.4, 0.5) is 0 Å². The van der Waals surface area contributed by atoms with Crippen LogP contribution in [0.5, 0.6) is 0 Å². The van der Waals surface area contributed by atoms with Gasteiger partial charge in [0.25, 0.3) is 0 Å². The summed E-state index contributed by atoms with van der Waals surface area (Å²) in [5.41, 5.74) is 7.58. The summed E-state index contributed by atoms with van der Waals surface area (Å²) in [5.74, 6) is 0.662. The molecule has 2 rings (SSSR count). The van der Waals surface area contributed by atoms with E-state index in [-0.39, 0.29) is 5.91 Å². The van der Waals surface area contributed by atoms with Crippen molar-refractivity contribution in [3.05, 3.63) is 35.4 Å². The first kappa shape index (κ1) is 12.0. The van der Waals surface area contributed by atoms with Crippen molar-refractivity contribution in [2.45, 2.75) is 19.9 Å². The van der Waals surface area contributed by atoms with E-state index in [1.54, 1.807) is 0 Å². The Bertz CT molecular complexity index is 458. The molecule has 1 atom stereocenters. The molecule has 0 bridgehead atoms. The van der Waals surface area contributed by atoms with Gasteiger partial charge < -0.3 is 10.6 Å². The Morgan fingerprint density at radius 3 is 2.82 bits per heavy atom. The Morgan fingerprint density at radius 1 is 1.53 bits per heavy atom. The summed E-state index contributed by atoms with van der Waals surface area (Å²) in [6.45, 7) is 3.53. The number of likely N-dealkylation sites (tertiary alicyclic amines) is 1. The van der Waals surface area contributed by atoms with Crippen LogP contribution in [0.1, 0.15) is 24.5 Å². The number of amides is 1. The van der Waals surface area contributed by atoms with Gasteiger partial charge in [0.2, 0.25) is 5.91 Å². The number of rotatable bonds is 3. The SMILES string of the molecule is CC1CC(=O)N(Cc2ccccc2C(N)=S)C1. The Kier molecular flexibility index (Phi) is 3.43. The van der Waals surface area contributed by atoms with Gasteiger partial charge in [0, 0.05) is 25.1 Å². The minimum absolute atomic E-state index is 0.218. The van der Waals surface area contributed by atoms with Crippen molar-refractivity contribution in [2.24, 2.45) is 11.7 Å². The lowest BCUT2D eigenvalue weighted by Gasteiger charge is -2.18. The highest BCUT2D eigenvalue weighted by Crippen LogP contribution is 2.20. The molecule has 1 aromatic rings. The average molecular weight is 248 g/mol. The van der Waals surface area contributed by atoms with Gasteiger partial charge >= 0.3 is 0 Å². The molecule has 1 aromatic carbocycles. The largest absolute Gasteiger partial charge is 0.389 e. The molecule has 0 aliphatic carbocycles. The van der Waals surface area contributed by atoms with Gasteiger partial charge in [-0.3, -0.25) is 4.79 Å². The van der Waals surface area contributed by atoms with E-state index in [1.165, 1.54) is 0 Å². The fourth-order valence-corrected chi connectivity index (χ4v) is 2.43. The Hall–Kier alpha value is -1.42. The van der Waals surface area contributed by atoms with Crippen molar-refractivity contribution in [1.29, 1.82) is 0 Å². The van der Waals surface area contributed by atoms with E-state index in [2.05, 4.69) is 6.92 Å². The highest BCUT2D eigenvalue weighted by molar-refractivity contribution is 7.80. The molecular formula is C13H16N2OS. The van der Waals surface area contributed by atoms with Crippen molar-refractivity contribution < 1.29 is 4.79 Å². The van der Waals surface area contributed by atoms with Crippen molar-refractivity contribution in [1.82, 2.24) is 4.90 Å². The van der Waals surface area contributed by atoms with E-state index < -0.39 is 0 Å². The molecule has 1 unspecified atom stereocenters. The topological polar surface area (TPSA) is 46.3 Å². The highest BCUT2D eigenvalue weighted by Gasteiger charge is 2.26.